The molecule has 0 fully saturated rings. The van der Waals surface area contributed by atoms with Crippen molar-refractivity contribution in [3.8, 4) is 5.88 Å². The van der Waals surface area contributed by atoms with E-state index in [0.29, 0.717) is 12.2 Å². The molecule has 0 radical (unpaired) electrons. The van der Waals surface area contributed by atoms with Crippen LogP contribution >= 0.6 is 0 Å². The van der Waals surface area contributed by atoms with Crippen LogP contribution in [0.1, 0.15) is 62.7 Å². The second-order valence-electron chi connectivity index (χ2n) is 7.80. The van der Waals surface area contributed by atoms with E-state index in [9.17, 15) is 18.0 Å². The zero-order valence-electron chi connectivity index (χ0n) is 16.2. The van der Waals surface area contributed by atoms with E-state index in [4.69, 9.17) is 9.26 Å². The summed E-state index contributed by atoms with van der Waals surface area (Å²) in [5.41, 5.74) is -0.869. The highest BCUT2D eigenvalue weighted by atomic mass is 19.4. The number of halogens is 3. The van der Waals surface area contributed by atoms with Crippen molar-refractivity contribution in [3.63, 3.8) is 0 Å². The number of hydrogen-bond donors (Lipinski definition) is 1. The Hall–Kier alpha value is -2.52. The highest BCUT2D eigenvalue weighted by Crippen LogP contribution is 2.41. The van der Waals surface area contributed by atoms with Crippen LogP contribution < -0.4 is 10.1 Å². The maximum absolute atomic E-state index is 13.3. The Kier molecular flexibility index (Phi) is 5.16. The number of rotatable bonds is 5. The van der Waals surface area contributed by atoms with Crippen LogP contribution in [0.15, 0.2) is 10.6 Å². The number of carbonyl (C=O) groups excluding carboxylic acids is 1. The van der Waals surface area contributed by atoms with Gasteiger partial charge in [0.25, 0.3) is 0 Å². The lowest BCUT2D eigenvalue weighted by molar-refractivity contribution is -0.142. The summed E-state index contributed by atoms with van der Waals surface area (Å²) in [6, 6.07) is 1.73. The highest BCUT2D eigenvalue weighted by Gasteiger charge is 2.43. The Morgan fingerprint density at radius 3 is 2.71 bits per heavy atom. The average molecular weight is 400 g/mol. The van der Waals surface area contributed by atoms with Crippen molar-refractivity contribution in [2.24, 2.45) is 0 Å². The van der Waals surface area contributed by atoms with Gasteiger partial charge in [-0.15, -0.1) is 0 Å². The molecule has 0 saturated heterocycles. The molecule has 0 spiro atoms. The van der Waals surface area contributed by atoms with Gasteiger partial charge in [-0.2, -0.15) is 18.3 Å². The van der Waals surface area contributed by atoms with Crippen molar-refractivity contribution < 1.29 is 27.2 Å². The number of hydrogen-bond acceptors (Lipinski definition) is 5. The summed E-state index contributed by atoms with van der Waals surface area (Å²) in [5, 5.41) is 10.1. The van der Waals surface area contributed by atoms with Crippen molar-refractivity contribution >= 4 is 5.91 Å². The molecule has 2 aromatic heterocycles. The molecule has 1 aliphatic heterocycles. The summed E-state index contributed by atoms with van der Waals surface area (Å²) >= 11 is 0. The summed E-state index contributed by atoms with van der Waals surface area (Å²) in [4.78, 5) is 12.3. The molecule has 0 bridgehead atoms. The van der Waals surface area contributed by atoms with Crippen LogP contribution in [0.4, 0.5) is 13.2 Å². The van der Waals surface area contributed by atoms with Gasteiger partial charge in [-0.25, -0.2) is 4.68 Å². The lowest BCUT2D eigenvalue weighted by Crippen LogP contribution is -2.34. The minimum atomic E-state index is -4.61. The van der Waals surface area contributed by atoms with Crippen molar-refractivity contribution in [3.05, 3.63) is 28.8 Å². The molecule has 1 aliphatic rings. The molecule has 1 amide bonds. The number of carbonyl (C=O) groups is 1. The van der Waals surface area contributed by atoms with Crippen molar-refractivity contribution in [1.82, 2.24) is 20.3 Å². The minimum Gasteiger partial charge on any atom is -0.472 e. The molecule has 0 saturated carbocycles. The Balaban J connectivity index is 1.74. The molecule has 0 aliphatic carbocycles. The zero-order valence-corrected chi connectivity index (χ0v) is 16.2. The van der Waals surface area contributed by atoms with Crippen molar-refractivity contribution in [1.29, 1.82) is 0 Å². The van der Waals surface area contributed by atoms with Crippen LogP contribution in [-0.2, 0) is 30.5 Å². The predicted octanol–water partition coefficient (Wildman–Crippen LogP) is 3.43. The molecule has 28 heavy (non-hydrogen) atoms. The van der Waals surface area contributed by atoms with E-state index < -0.39 is 23.4 Å². The van der Waals surface area contributed by atoms with Crippen molar-refractivity contribution in [2.45, 2.75) is 71.3 Å². The molecule has 0 unspecified atom stereocenters. The third-order valence-corrected chi connectivity index (χ3v) is 4.54. The van der Waals surface area contributed by atoms with Gasteiger partial charge in [-0.05, 0) is 32.6 Å². The maximum Gasteiger partial charge on any atom is 0.435 e. The van der Waals surface area contributed by atoms with Gasteiger partial charge in [-0.3, -0.25) is 4.79 Å². The van der Waals surface area contributed by atoms with Crippen LogP contribution in [0.25, 0.3) is 0 Å². The third-order valence-electron chi connectivity index (χ3n) is 4.54. The Bertz CT molecular complexity index is 868. The van der Waals surface area contributed by atoms with Gasteiger partial charge < -0.3 is 14.6 Å². The van der Waals surface area contributed by atoms with Crippen LogP contribution in [0.3, 0.4) is 0 Å². The normalized spacial score (nSPS) is 16.0. The number of aromatic nitrogens is 3. The number of ether oxygens (including phenoxy) is 1. The third kappa shape index (κ3) is 4.31. The van der Waals surface area contributed by atoms with E-state index in [0.717, 1.165) is 10.4 Å². The average Bonchev–Trinajstić information content (AvgIpc) is 3.17. The van der Waals surface area contributed by atoms with E-state index in [1.807, 2.05) is 13.8 Å². The number of amides is 1. The molecule has 0 atom stereocenters. The molecule has 2 aromatic rings. The summed E-state index contributed by atoms with van der Waals surface area (Å²) in [7, 11) is 0. The Morgan fingerprint density at radius 1 is 1.39 bits per heavy atom. The van der Waals surface area contributed by atoms with E-state index >= 15 is 0 Å². The van der Waals surface area contributed by atoms with E-state index in [-0.39, 0.29) is 36.9 Å². The summed E-state index contributed by atoms with van der Waals surface area (Å²) in [5.74, 6) is 0.145. The predicted molar refractivity (Wildman–Crippen MR) is 92.7 cm³/mol. The topological polar surface area (TPSA) is 82.2 Å². The Morgan fingerprint density at radius 2 is 2.11 bits per heavy atom. The number of nitrogens with one attached hydrogen (secondary N) is 1. The first-order chi connectivity index (χ1) is 13.0. The molecular formula is C18H23F3N4O3. The van der Waals surface area contributed by atoms with Crippen molar-refractivity contribution in [2.75, 3.05) is 0 Å². The monoisotopic (exact) mass is 400 g/mol. The zero-order chi connectivity index (χ0) is 20.7. The molecular weight excluding hydrogens is 377 g/mol. The lowest BCUT2D eigenvalue weighted by Gasteiger charge is -2.31. The van der Waals surface area contributed by atoms with Gasteiger partial charge in [0, 0.05) is 11.6 Å². The lowest BCUT2D eigenvalue weighted by atomic mass is 9.95. The van der Waals surface area contributed by atoms with E-state index in [2.05, 4.69) is 15.6 Å². The molecule has 0 aromatic carbocycles. The summed E-state index contributed by atoms with van der Waals surface area (Å²) < 4.78 is 51.7. The van der Waals surface area contributed by atoms with Gasteiger partial charge in [0.05, 0.1) is 12.2 Å². The van der Waals surface area contributed by atoms with Crippen LogP contribution in [0.5, 0.6) is 5.88 Å². The van der Waals surface area contributed by atoms with Crippen LogP contribution in [0.2, 0.25) is 0 Å². The molecule has 10 heteroatoms. The highest BCUT2D eigenvalue weighted by molar-refractivity contribution is 5.75. The van der Waals surface area contributed by atoms with Gasteiger partial charge in [0.15, 0.2) is 11.5 Å². The van der Waals surface area contributed by atoms with E-state index in [1.54, 1.807) is 19.9 Å². The van der Waals surface area contributed by atoms with Gasteiger partial charge in [-0.1, -0.05) is 19.0 Å². The summed E-state index contributed by atoms with van der Waals surface area (Å²) in [6.45, 7) is 7.19. The van der Waals surface area contributed by atoms with Crippen LogP contribution in [0, 0.1) is 0 Å². The standard InChI is InChI=1S/C18H23F3N4O3/c1-10(2)13-7-11(28-24-13)8-22-14(26)9-25-16-12(5-6-17(3,4)27-16)15(23-25)18(19,20)21/h7,10H,5-6,8-9H2,1-4H3,(H,22,26). The second-order valence-corrected chi connectivity index (χ2v) is 7.80. The fourth-order valence-corrected chi connectivity index (χ4v) is 2.96. The van der Waals surface area contributed by atoms with Gasteiger partial charge >= 0.3 is 6.18 Å². The first kappa shape index (κ1) is 20.2. The maximum atomic E-state index is 13.3. The molecule has 3 rings (SSSR count). The number of nitrogens with zero attached hydrogens (tertiary/aromatic N) is 3. The minimum absolute atomic E-state index is 0.000448. The fraction of sp³-hybridized carbons (Fsp3) is 0.611. The van der Waals surface area contributed by atoms with Gasteiger partial charge in [0.2, 0.25) is 11.8 Å². The quantitative estimate of drug-likeness (QED) is 0.832. The molecule has 7 nitrogen and oxygen atoms in total. The SMILES string of the molecule is CC(C)c1cc(CNC(=O)Cn2nc(C(F)(F)F)c3c2OC(C)(C)CC3)on1. The second kappa shape index (κ2) is 7.14. The smallest absolute Gasteiger partial charge is 0.435 e. The molecule has 154 valence electrons. The fourth-order valence-electron chi connectivity index (χ4n) is 2.96. The first-order valence-electron chi connectivity index (χ1n) is 9.04. The number of alkyl halides is 3. The van der Waals surface area contributed by atoms with Crippen LogP contribution in [-0.4, -0.2) is 26.4 Å². The van der Waals surface area contributed by atoms with Gasteiger partial charge in [0.1, 0.15) is 12.1 Å². The largest absolute Gasteiger partial charge is 0.472 e. The first-order valence-corrected chi connectivity index (χ1v) is 9.04. The molecule has 1 N–H and O–H groups in total. The Labute approximate surface area is 160 Å². The van der Waals surface area contributed by atoms with E-state index in [1.165, 1.54) is 0 Å². The number of fused-ring (bicyclic) bond motifs is 1. The summed E-state index contributed by atoms with van der Waals surface area (Å²) in [6.07, 6.45) is -3.98. The molecule has 3 heterocycles.